The molecule has 3 atom stereocenters. The van der Waals surface area contributed by atoms with Gasteiger partial charge < -0.3 is 9.47 Å². The molecule has 0 aliphatic carbocycles. The van der Waals surface area contributed by atoms with Crippen LogP contribution in [-0.2, 0) is 11.2 Å². The molecule has 1 aromatic rings. The monoisotopic (exact) mass is 355 g/mol. The standard InChI is InChI=1S/C20H33NO2.ClH/c1-5-6-13-22-20-11-9-19(10-12-20)8-7-16(2)21-14-17(3)23-18(4)15-21;/h9-12,16-18H,5-8,13-15H2,1-4H3;1H. The van der Waals surface area contributed by atoms with Gasteiger partial charge in [-0.05, 0) is 57.7 Å². The second kappa shape index (κ2) is 11.0. The Morgan fingerprint density at radius 2 is 1.79 bits per heavy atom. The average molecular weight is 356 g/mol. The van der Waals surface area contributed by atoms with Gasteiger partial charge in [-0.25, -0.2) is 0 Å². The van der Waals surface area contributed by atoms with Crippen molar-refractivity contribution in [2.75, 3.05) is 19.7 Å². The normalized spacial score (nSPS) is 22.7. The topological polar surface area (TPSA) is 21.7 Å². The molecule has 24 heavy (non-hydrogen) atoms. The minimum atomic E-state index is 0. The van der Waals surface area contributed by atoms with E-state index >= 15 is 0 Å². The van der Waals surface area contributed by atoms with Gasteiger partial charge in [-0.2, -0.15) is 0 Å². The Hall–Kier alpha value is -0.770. The Kier molecular flexibility index (Phi) is 9.72. The summed E-state index contributed by atoms with van der Waals surface area (Å²) in [5.41, 5.74) is 1.40. The second-order valence-electron chi connectivity index (χ2n) is 6.94. The van der Waals surface area contributed by atoms with Gasteiger partial charge in [-0.3, -0.25) is 4.90 Å². The van der Waals surface area contributed by atoms with Gasteiger partial charge >= 0.3 is 0 Å². The molecule has 1 heterocycles. The van der Waals surface area contributed by atoms with Crippen molar-refractivity contribution in [3.8, 4) is 5.75 Å². The van der Waals surface area contributed by atoms with Crippen molar-refractivity contribution < 1.29 is 9.47 Å². The summed E-state index contributed by atoms with van der Waals surface area (Å²) >= 11 is 0. The molecule has 0 saturated carbocycles. The minimum absolute atomic E-state index is 0. The molecular formula is C20H34ClNO2. The van der Waals surface area contributed by atoms with Crippen LogP contribution in [0.4, 0.5) is 0 Å². The molecule has 2 rings (SSSR count). The lowest BCUT2D eigenvalue weighted by Gasteiger charge is -2.39. The van der Waals surface area contributed by atoms with Crippen LogP contribution in [0.5, 0.6) is 5.75 Å². The highest BCUT2D eigenvalue weighted by molar-refractivity contribution is 5.85. The molecule has 138 valence electrons. The molecule has 1 aromatic carbocycles. The highest BCUT2D eigenvalue weighted by atomic mass is 35.5. The summed E-state index contributed by atoms with van der Waals surface area (Å²) in [5.74, 6) is 0.992. The van der Waals surface area contributed by atoms with Gasteiger partial charge in [0.1, 0.15) is 5.75 Å². The first kappa shape index (κ1) is 21.3. The average Bonchev–Trinajstić information content (AvgIpc) is 2.53. The first-order valence-electron chi connectivity index (χ1n) is 9.19. The molecule has 1 fully saturated rings. The number of morpholine rings is 1. The maximum absolute atomic E-state index is 5.83. The molecule has 0 radical (unpaired) electrons. The van der Waals surface area contributed by atoms with E-state index in [9.17, 15) is 0 Å². The fourth-order valence-corrected chi connectivity index (χ4v) is 3.22. The third-order valence-electron chi connectivity index (χ3n) is 4.61. The van der Waals surface area contributed by atoms with E-state index in [1.807, 2.05) is 0 Å². The van der Waals surface area contributed by atoms with E-state index in [2.05, 4.69) is 56.9 Å². The van der Waals surface area contributed by atoms with Crippen LogP contribution in [0, 0.1) is 0 Å². The zero-order valence-electron chi connectivity index (χ0n) is 15.7. The summed E-state index contributed by atoms with van der Waals surface area (Å²) in [6.07, 6.45) is 5.30. The molecule has 4 heteroatoms. The first-order chi connectivity index (χ1) is 11.1. The van der Waals surface area contributed by atoms with Crippen LogP contribution >= 0.6 is 12.4 Å². The summed E-state index contributed by atoms with van der Waals surface area (Å²) in [5, 5.41) is 0. The fraction of sp³-hybridized carbons (Fsp3) is 0.700. The number of benzene rings is 1. The van der Waals surface area contributed by atoms with Crippen LogP contribution in [0.1, 0.15) is 52.5 Å². The summed E-state index contributed by atoms with van der Waals surface area (Å²) in [6.45, 7) is 11.8. The third-order valence-corrected chi connectivity index (χ3v) is 4.61. The number of hydrogen-bond donors (Lipinski definition) is 0. The Morgan fingerprint density at radius 1 is 1.17 bits per heavy atom. The van der Waals surface area contributed by atoms with E-state index in [0.717, 1.165) is 38.3 Å². The van der Waals surface area contributed by atoms with Gasteiger partial charge in [-0.1, -0.05) is 25.5 Å². The number of hydrogen-bond acceptors (Lipinski definition) is 3. The van der Waals surface area contributed by atoms with E-state index in [1.54, 1.807) is 0 Å². The van der Waals surface area contributed by atoms with Crippen LogP contribution in [0.15, 0.2) is 24.3 Å². The van der Waals surface area contributed by atoms with Crippen molar-refractivity contribution in [2.45, 2.75) is 71.6 Å². The number of halogens is 1. The van der Waals surface area contributed by atoms with Crippen molar-refractivity contribution in [3.63, 3.8) is 0 Å². The minimum Gasteiger partial charge on any atom is -0.494 e. The van der Waals surface area contributed by atoms with E-state index in [-0.39, 0.29) is 12.4 Å². The van der Waals surface area contributed by atoms with Crippen molar-refractivity contribution in [2.24, 2.45) is 0 Å². The van der Waals surface area contributed by atoms with E-state index in [0.29, 0.717) is 18.2 Å². The second-order valence-corrected chi connectivity index (χ2v) is 6.94. The molecule has 0 amide bonds. The summed E-state index contributed by atoms with van der Waals surface area (Å²) in [4.78, 5) is 2.57. The molecule has 1 aliphatic rings. The predicted octanol–water partition coefficient (Wildman–Crippen LogP) is 4.72. The van der Waals surface area contributed by atoms with E-state index in [1.165, 1.54) is 18.4 Å². The van der Waals surface area contributed by atoms with Gasteiger partial charge in [-0.15, -0.1) is 12.4 Å². The summed E-state index contributed by atoms with van der Waals surface area (Å²) < 4.78 is 11.6. The van der Waals surface area contributed by atoms with Crippen LogP contribution in [0.2, 0.25) is 0 Å². The SMILES string of the molecule is CCCCOc1ccc(CCC(C)N2CC(C)OC(C)C2)cc1.Cl. The Bertz CT molecular complexity index is 441. The zero-order valence-corrected chi connectivity index (χ0v) is 16.5. The number of aryl methyl sites for hydroxylation is 1. The maximum atomic E-state index is 5.83. The lowest BCUT2D eigenvalue weighted by Crippen LogP contribution is -2.49. The molecular weight excluding hydrogens is 322 g/mol. The van der Waals surface area contributed by atoms with Crippen LogP contribution < -0.4 is 4.74 Å². The van der Waals surface area contributed by atoms with Gasteiger partial charge in [0.15, 0.2) is 0 Å². The highest BCUT2D eigenvalue weighted by Crippen LogP contribution is 2.18. The molecule has 3 unspecified atom stereocenters. The fourth-order valence-electron chi connectivity index (χ4n) is 3.22. The van der Waals surface area contributed by atoms with Gasteiger partial charge in [0.05, 0.1) is 18.8 Å². The largest absolute Gasteiger partial charge is 0.494 e. The molecule has 1 aliphatic heterocycles. The van der Waals surface area contributed by atoms with Gasteiger partial charge in [0.2, 0.25) is 0 Å². The summed E-state index contributed by atoms with van der Waals surface area (Å²) in [7, 11) is 0. The highest BCUT2D eigenvalue weighted by Gasteiger charge is 2.25. The van der Waals surface area contributed by atoms with Crippen molar-refractivity contribution in [1.82, 2.24) is 4.90 Å². The number of unbranched alkanes of at least 4 members (excludes halogenated alkanes) is 1. The Balaban J connectivity index is 0.00000288. The molecule has 0 spiro atoms. The van der Waals surface area contributed by atoms with E-state index in [4.69, 9.17) is 9.47 Å². The quantitative estimate of drug-likeness (QED) is 0.630. The van der Waals surface area contributed by atoms with Crippen molar-refractivity contribution in [3.05, 3.63) is 29.8 Å². The van der Waals surface area contributed by atoms with E-state index < -0.39 is 0 Å². The lowest BCUT2D eigenvalue weighted by atomic mass is 10.0. The van der Waals surface area contributed by atoms with Gasteiger partial charge in [0.25, 0.3) is 0 Å². The summed E-state index contributed by atoms with van der Waals surface area (Å²) in [6, 6.07) is 9.23. The molecule has 0 aromatic heterocycles. The number of nitrogens with zero attached hydrogens (tertiary/aromatic N) is 1. The van der Waals surface area contributed by atoms with Crippen LogP contribution in [-0.4, -0.2) is 42.8 Å². The zero-order chi connectivity index (χ0) is 16.7. The molecule has 0 bridgehead atoms. The smallest absolute Gasteiger partial charge is 0.119 e. The van der Waals surface area contributed by atoms with Gasteiger partial charge in [0, 0.05) is 19.1 Å². The van der Waals surface area contributed by atoms with Crippen molar-refractivity contribution >= 4 is 12.4 Å². The molecule has 3 nitrogen and oxygen atoms in total. The number of rotatable bonds is 8. The first-order valence-corrected chi connectivity index (χ1v) is 9.19. The molecule has 0 N–H and O–H groups in total. The van der Waals surface area contributed by atoms with Crippen LogP contribution in [0.25, 0.3) is 0 Å². The maximum Gasteiger partial charge on any atom is 0.119 e. The predicted molar refractivity (Wildman–Crippen MR) is 103 cm³/mol. The number of ether oxygens (including phenoxy) is 2. The third kappa shape index (κ3) is 7.00. The lowest BCUT2D eigenvalue weighted by molar-refractivity contribution is -0.0790. The van der Waals surface area contributed by atoms with Crippen LogP contribution in [0.3, 0.4) is 0 Å². The van der Waals surface area contributed by atoms with Crippen molar-refractivity contribution in [1.29, 1.82) is 0 Å². The Morgan fingerprint density at radius 3 is 2.38 bits per heavy atom. The molecule has 1 saturated heterocycles. The Labute approximate surface area is 154 Å².